The lowest BCUT2D eigenvalue weighted by Gasteiger charge is -1.99. The first-order valence-electron chi connectivity index (χ1n) is 3.20. The van der Waals surface area contributed by atoms with Gasteiger partial charge in [0.1, 0.15) is 0 Å². The van der Waals surface area contributed by atoms with Crippen LogP contribution in [0.1, 0.15) is 0 Å². The fraction of sp³-hybridized carbons (Fsp3) is 0.143. The summed E-state index contributed by atoms with van der Waals surface area (Å²) in [6.45, 7) is 0. The number of fused-ring (bicyclic) bond motifs is 1. The molecule has 2 aliphatic heterocycles. The van der Waals surface area contributed by atoms with E-state index >= 15 is 0 Å². The van der Waals surface area contributed by atoms with Crippen molar-refractivity contribution >= 4 is 22.6 Å². The molecule has 0 saturated carbocycles. The smallest absolute Gasteiger partial charge is 0.0908 e. The minimum absolute atomic E-state index is 1.01. The standard InChI is InChI=1S/C7H6IN3/c1-11-4-7-5(2-10-11)6(8)3-9-7/h2-4H,1H3. The van der Waals surface area contributed by atoms with Crippen LogP contribution in [0.2, 0.25) is 0 Å². The highest BCUT2D eigenvalue weighted by molar-refractivity contribution is 14.1. The van der Waals surface area contributed by atoms with Gasteiger partial charge in [-0.25, -0.2) is 0 Å². The Morgan fingerprint density at radius 3 is 3.09 bits per heavy atom. The maximum atomic E-state index is 4.21. The van der Waals surface area contributed by atoms with Crippen molar-refractivity contribution in [3.63, 3.8) is 0 Å². The summed E-state index contributed by atoms with van der Waals surface area (Å²) in [6.07, 6.45) is 5.61. The summed E-state index contributed by atoms with van der Waals surface area (Å²) in [5, 5.41) is 4.11. The SMILES string of the molecule is Cn1cc2ncc(I)c-2cn1. The number of hydrogen-bond acceptors (Lipinski definition) is 2. The molecule has 2 aliphatic rings. The van der Waals surface area contributed by atoms with Gasteiger partial charge in [0.2, 0.25) is 0 Å². The van der Waals surface area contributed by atoms with Crippen LogP contribution < -0.4 is 0 Å². The monoisotopic (exact) mass is 259 g/mol. The molecule has 11 heavy (non-hydrogen) atoms. The first-order chi connectivity index (χ1) is 5.27. The average Bonchev–Trinajstić information content (AvgIpc) is 2.32. The van der Waals surface area contributed by atoms with Gasteiger partial charge in [-0.2, -0.15) is 5.10 Å². The second kappa shape index (κ2) is 2.44. The fourth-order valence-electron chi connectivity index (χ4n) is 0.977. The molecule has 0 unspecified atom stereocenters. The van der Waals surface area contributed by atoms with E-state index in [0.717, 1.165) is 14.8 Å². The van der Waals surface area contributed by atoms with Gasteiger partial charge in [-0.05, 0) is 22.6 Å². The van der Waals surface area contributed by atoms with Crippen LogP contribution in [-0.2, 0) is 7.05 Å². The Kier molecular flexibility index (Phi) is 1.56. The van der Waals surface area contributed by atoms with Gasteiger partial charge < -0.3 is 0 Å². The largest absolute Gasteiger partial charge is 0.274 e. The molecular weight excluding hydrogens is 253 g/mol. The molecule has 0 fully saturated rings. The van der Waals surface area contributed by atoms with Crippen molar-refractivity contribution in [2.45, 2.75) is 0 Å². The Balaban J connectivity index is 2.74. The highest BCUT2D eigenvalue weighted by atomic mass is 127. The summed E-state index contributed by atoms with van der Waals surface area (Å²) in [7, 11) is 1.89. The molecule has 2 heterocycles. The summed E-state index contributed by atoms with van der Waals surface area (Å²) >= 11 is 2.25. The third kappa shape index (κ3) is 1.11. The second-order valence-corrected chi connectivity index (χ2v) is 3.51. The number of rotatable bonds is 0. The van der Waals surface area contributed by atoms with Crippen LogP contribution in [0.25, 0.3) is 11.3 Å². The van der Waals surface area contributed by atoms with Crippen LogP contribution in [0.15, 0.2) is 18.6 Å². The molecule has 0 aromatic carbocycles. The number of aryl methyl sites for hydroxylation is 1. The summed E-state index contributed by atoms with van der Waals surface area (Å²) in [5.41, 5.74) is 2.13. The molecule has 0 atom stereocenters. The Bertz CT molecular complexity index is 355. The Labute approximate surface area is 77.9 Å². The zero-order chi connectivity index (χ0) is 7.84. The van der Waals surface area contributed by atoms with Gasteiger partial charge in [0.05, 0.1) is 11.9 Å². The summed E-state index contributed by atoms with van der Waals surface area (Å²) in [6, 6.07) is 0. The third-order valence-electron chi connectivity index (χ3n) is 1.53. The lowest BCUT2D eigenvalue weighted by atomic mass is 10.3. The Morgan fingerprint density at radius 2 is 2.27 bits per heavy atom. The molecule has 0 aromatic heterocycles. The number of aromatic nitrogens is 3. The van der Waals surface area contributed by atoms with Gasteiger partial charge in [-0.15, -0.1) is 0 Å². The van der Waals surface area contributed by atoms with E-state index in [2.05, 4.69) is 32.7 Å². The highest BCUT2D eigenvalue weighted by Gasteiger charge is 2.08. The van der Waals surface area contributed by atoms with Gasteiger partial charge in [0.25, 0.3) is 0 Å². The minimum Gasteiger partial charge on any atom is -0.274 e. The number of hydrogen-bond donors (Lipinski definition) is 0. The normalized spacial score (nSPS) is 10.7. The van der Waals surface area contributed by atoms with Gasteiger partial charge >= 0.3 is 0 Å². The van der Waals surface area contributed by atoms with Gasteiger partial charge in [0, 0.05) is 28.6 Å². The molecule has 2 rings (SSSR count). The van der Waals surface area contributed by atoms with E-state index in [1.54, 1.807) is 4.68 Å². The van der Waals surface area contributed by atoms with E-state index in [9.17, 15) is 0 Å². The van der Waals surface area contributed by atoms with E-state index in [0.29, 0.717) is 0 Å². The molecule has 0 bridgehead atoms. The van der Waals surface area contributed by atoms with Gasteiger partial charge in [-0.1, -0.05) is 0 Å². The van der Waals surface area contributed by atoms with E-state index in [-0.39, 0.29) is 0 Å². The predicted molar refractivity (Wildman–Crippen MR) is 50.3 cm³/mol. The Morgan fingerprint density at radius 1 is 1.45 bits per heavy atom. The van der Waals surface area contributed by atoms with Crippen molar-refractivity contribution in [2.24, 2.45) is 7.05 Å². The van der Waals surface area contributed by atoms with Crippen molar-refractivity contribution in [2.75, 3.05) is 0 Å². The van der Waals surface area contributed by atoms with E-state index in [4.69, 9.17) is 0 Å². The topological polar surface area (TPSA) is 30.7 Å². The van der Waals surface area contributed by atoms with Gasteiger partial charge in [-0.3, -0.25) is 9.67 Å². The summed E-state index contributed by atoms with van der Waals surface area (Å²) in [4.78, 5) is 4.21. The zero-order valence-corrected chi connectivity index (χ0v) is 8.11. The molecule has 0 radical (unpaired) electrons. The minimum atomic E-state index is 1.01. The molecule has 56 valence electrons. The number of nitrogens with zero attached hydrogens (tertiary/aromatic N) is 3. The van der Waals surface area contributed by atoms with Crippen LogP contribution >= 0.6 is 22.6 Å². The maximum Gasteiger partial charge on any atom is 0.0908 e. The first kappa shape index (κ1) is 7.02. The van der Waals surface area contributed by atoms with Crippen LogP contribution in [0, 0.1) is 3.57 Å². The van der Waals surface area contributed by atoms with Crippen LogP contribution in [0.5, 0.6) is 0 Å². The van der Waals surface area contributed by atoms with Crippen LogP contribution in [0.4, 0.5) is 0 Å². The van der Waals surface area contributed by atoms with Gasteiger partial charge in [0.15, 0.2) is 0 Å². The molecular formula is C7H6IN3. The van der Waals surface area contributed by atoms with E-state index < -0.39 is 0 Å². The molecule has 3 nitrogen and oxygen atoms in total. The fourth-order valence-corrected chi connectivity index (χ4v) is 1.53. The molecule has 0 amide bonds. The highest BCUT2D eigenvalue weighted by Crippen LogP contribution is 2.23. The van der Waals surface area contributed by atoms with Crippen molar-refractivity contribution in [3.8, 4) is 11.3 Å². The Hall–Kier alpha value is -0.650. The molecule has 0 spiro atoms. The number of halogens is 1. The van der Waals surface area contributed by atoms with Crippen LogP contribution in [0.3, 0.4) is 0 Å². The zero-order valence-electron chi connectivity index (χ0n) is 5.95. The predicted octanol–water partition coefficient (Wildman–Crippen LogP) is 1.52. The lowest BCUT2D eigenvalue weighted by molar-refractivity contribution is 0.738. The third-order valence-corrected chi connectivity index (χ3v) is 2.39. The molecule has 0 saturated heterocycles. The first-order valence-corrected chi connectivity index (χ1v) is 4.28. The quantitative estimate of drug-likeness (QED) is 0.671. The lowest BCUT2D eigenvalue weighted by Crippen LogP contribution is -1.96. The van der Waals surface area contributed by atoms with E-state index in [1.165, 1.54) is 0 Å². The summed E-state index contributed by atoms with van der Waals surface area (Å²) < 4.78 is 2.91. The second-order valence-electron chi connectivity index (χ2n) is 2.35. The maximum absolute atomic E-state index is 4.21. The average molecular weight is 259 g/mol. The van der Waals surface area contributed by atoms with Crippen molar-refractivity contribution in [1.29, 1.82) is 0 Å². The molecule has 4 heteroatoms. The molecule has 0 aromatic rings. The molecule has 0 N–H and O–H groups in total. The summed E-state index contributed by atoms with van der Waals surface area (Å²) in [5.74, 6) is 0. The van der Waals surface area contributed by atoms with Crippen LogP contribution in [-0.4, -0.2) is 14.8 Å². The van der Waals surface area contributed by atoms with Crippen molar-refractivity contribution in [1.82, 2.24) is 14.8 Å². The van der Waals surface area contributed by atoms with Crippen molar-refractivity contribution in [3.05, 3.63) is 22.2 Å². The van der Waals surface area contributed by atoms with Crippen molar-refractivity contribution < 1.29 is 0 Å². The van der Waals surface area contributed by atoms with E-state index in [1.807, 2.05) is 25.6 Å². The molecule has 0 aliphatic carbocycles.